The number of hydrogen-bond acceptors (Lipinski definition) is 3. The number of hydrogen-bond donors (Lipinski definition) is 1. The Morgan fingerprint density at radius 2 is 1.74 bits per heavy atom. The van der Waals surface area contributed by atoms with Gasteiger partial charge in [0.2, 0.25) is 0 Å². The minimum atomic E-state index is -0.471. The number of benzene rings is 2. The summed E-state index contributed by atoms with van der Waals surface area (Å²) in [5, 5.41) is 12.4. The lowest BCUT2D eigenvalue weighted by atomic mass is 10.1. The Balaban J connectivity index is 2.30. The number of Topliss-reactive ketones (excluding diaryl/α,β-unsaturated/α-hetero) is 1. The topological polar surface area (TPSA) is 52.9 Å². The van der Waals surface area contributed by atoms with Gasteiger partial charge in [-0.3, -0.25) is 4.79 Å². The summed E-state index contributed by atoms with van der Waals surface area (Å²) in [6, 6.07) is 18.4. The van der Waals surface area contributed by atoms with Crippen molar-refractivity contribution in [3.63, 3.8) is 0 Å². The van der Waals surface area contributed by atoms with Gasteiger partial charge in [0.25, 0.3) is 0 Å². The molecule has 2 aromatic rings. The van der Waals surface area contributed by atoms with Crippen LogP contribution in [0.2, 0.25) is 0 Å². The third-order valence-corrected chi connectivity index (χ3v) is 2.87. The van der Waals surface area contributed by atoms with Crippen molar-refractivity contribution in [3.05, 3.63) is 65.7 Å². The number of ketones is 1. The average molecular weight is 250 g/mol. The number of nitrogens with zero attached hydrogens (tertiary/aromatic N) is 1. The quantitative estimate of drug-likeness (QED) is 0.844. The summed E-state index contributed by atoms with van der Waals surface area (Å²) in [5.41, 5.74) is 2.16. The largest absolute Gasteiger partial charge is 0.366 e. The highest BCUT2D eigenvalue weighted by Gasteiger charge is 2.13. The fourth-order valence-electron chi connectivity index (χ4n) is 1.91. The maximum absolute atomic E-state index is 11.5. The summed E-state index contributed by atoms with van der Waals surface area (Å²) in [6.45, 7) is 1.52. The van der Waals surface area contributed by atoms with Gasteiger partial charge in [-0.2, -0.15) is 5.26 Å². The number of nitrogens with one attached hydrogen (secondary N) is 1. The highest BCUT2D eigenvalue weighted by Crippen LogP contribution is 2.22. The molecular weight excluding hydrogens is 236 g/mol. The van der Waals surface area contributed by atoms with E-state index in [1.165, 1.54) is 6.92 Å². The zero-order valence-corrected chi connectivity index (χ0v) is 10.6. The zero-order chi connectivity index (χ0) is 13.7. The van der Waals surface area contributed by atoms with Gasteiger partial charge < -0.3 is 5.32 Å². The number of nitriles is 1. The average Bonchev–Trinajstić information content (AvgIpc) is 2.46. The molecule has 0 radical (unpaired) electrons. The maximum Gasteiger partial charge on any atom is 0.161 e. The van der Waals surface area contributed by atoms with Crippen LogP contribution in [0.4, 0.5) is 5.69 Å². The number of para-hydroxylation sites is 1. The number of carbonyl (C=O) groups excluding carboxylic acids is 1. The van der Waals surface area contributed by atoms with Crippen LogP contribution < -0.4 is 5.32 Å². The normalized spacial score (nSPS) is 11.4. The SMILES string of the molecule is CC(=O)c1ccccc1N[C@H](C#N)c1ccccc1. The molecule has 0 fully saturated rings. The smallest absolute Gasteiger partial charge is 0.161 e. The van der Waals surface area contributed by atoms with Gasteiger partial charge in [0.15, 0.2) is 5.78 Å². The predicted octanol–water partition coefficient (Wildman–Crippen LogP) is 3.57. The summed E-state index contributed by atoms with van der Waals surface area (Å²) < 4.78 is 0. The second-order valence-corrected chi connectivity index (χ2v) is 4.22. The van der Waals surface area contributed by atoms with Crippen LogP contribution in [0.25, 0.3) is 0 Å². The van der Waals surface area contributed by atoms with E-state index in [0.717, 1.165) is 5.56 Å². The summed E-state index contributed by atoms with van der Waals surface area (Å²) in [4.78, 5) is 11.5. The molecule has 1 N–H and O–H groups in total. The van der Waals surface area contributed by atoms with E-state index < -0.39 is 6.04 Å². The molecule has 0 amide bonds. The molecule has 94 valence electrons. The van der Waals surface area contributed by atoms with Gasteiger partial charge in [-0.15, -0.1) is 0 Å². The van der Waals surface area contributed by atoms with Gasteiger partial charge in [-0.1, -0.05) is 42.5 Å². The molecule has 0 aromatic heterocycles. The maximum atomic E-state index is 11.5. The molecule has 0 heterocycles. The van der Waals surface area contributed by atoms with Crippen molar-refractivity contribution < 1.29 is 4.79 Å². The fraction of sp³-hybridized carbons (Fsp3) is 0.125. The third kappa shape index (κ3) is 2.99. The Labute approximate surface area is 112 Å². The molecule has 0 saturated heterocycles. The molecule has 0 spiro atoms. The Morgan fingerprint density at radius 3 is 2.37 bits per heavy atom. The van der Waals surface area contributed by atoms with Crippen molar-refractivity contribution in [2.45, 2.75) is 13.0 Å². The first-order valence-electron chi connectivity index (χ1n) is 6.03. The van der Waals surface area contributed by atoms with Crippen LogP contribution in [0.5, 0.6) is 0 Å². The van der Waals surface area contributed by atoms with Gasteiger partial charge in [0.05, 0.1) is 6.07 Å². The lowest BCUT2D eigenvalue weighted by molar-refractivity contribution is 0.101. The van der Waals surface area contributed by atoms with E-state index in [-0.39, 0.29) is 5.78 Å². The standard InChI is InChI=1S/C16H14N2O/c1-12(19)14-9-5-6-10-15(14)18-16(11-17)13-7-3-2-4-8-13/h2-10,16,18H,1H3/t16-/m1/s1. The molecule has 0 aliphatic rings. The van der Waals surface area contributed by atoms with Gasteiger partial charge in [0, 0.05) is 11.3 Å². The Morgan fingerprint density at radius 1 is 1.11 bits per heavy atom. The van der Waals surface area contributed by atoms with Gasteiger partial charge in [0.1, 0.15) is 6.04 Å². The van der Waals surface area contributed by atoms with Crippen LogP contribution in [-0.4, -0.2) is 5.78 Å². The first-order valence-corrected chi connectivity index (χ1v) is 6.03. The molecule has 3 nitrogen and oxygen atoms in total. The van der Waals surface area contributed by atoms with Crippen molar-refractivity contribution in [1.82, 2.24) is 0 Å². The highest BCUT2D eigenvalue weighted by atomic mass is 16.1. The highest BCUT2D eigenvalue weighted by molar-refractivity contribution is 5.99. The lowest BCUT2D eigenvalue weighted by Crippen LogP contribution is -2.11. The van der Waals surface area contributed by atoms with Crippen molar-refractivity contribution in [1.29, 1.82) is 5.26 Å². The monoisotopic (exact) mass is 250 g/mol. The van der Waals surface area contributed by atoms with Crippen LogP contribution in [0, 0.1) is 11.3 Å². The molecule has 0 unspecified atom stereocenters. The number of anilines is 1. The number of rotatable bonds is 4. The van der Waals surface area contributed by atoms with Gasteiger partial charge >= 0.3 is 0 Å². The molecule has 2 aromatic carbocycles. The second kappa shape index (κ2) is 5.83. The van der Waals surface area contributed by atoms with Crippen molar-refractivity contribution in [2.24, 2.45) is 0 Å². The predicted molar refractivity (Wildman–Crippen MR) is 74.9 cm³/mol. The van der Waals surface area contributed by atoms with Gasteiger partial charge in [-0.05, 0) is 24.6 Å². The van der Waals surface area contributed by atoms with E-state index in [4.69, 9.17) is 0 Å². The number of carbonyl (C=O) groups is 1. The van der Waals surface area contributed by atoms with E-state index in [0.29, 0.717) is 11.3 Å². The third-order valence-electron chi connectivity index (χ3n) is 2.87. The molecule has 0 bridgehead atoms. The summed E-state index contributed by atoms with van der Waals surface area (Å²) in [5.74, 6) is -0.0205. The van der Waals surface area contributed by atoms with Crippen LogP contribution >= 0.6 is 0 Å². The minimum Gasteiger partial charge on any atom is -0.366 e. The molecule has 0 aliphatic heterocycles. The lowest BCUT2D eigenvalue weighted by Gasteiger charge is -2.15. The molecule has 1 atom stereocenters. The zero-order valence-electron chi connectivity index (χ0n) is 10.6. The van der Waals surface area contributed by atoms with Crippen molar-refractivity contribution in [2.75, 3.05) is 5.32 Å². The van der Waals surface area contributed by atoms with Crippen LogP contribution in [0.1, 0.15) is 28.9 Å². The first-order chi connectivity index (χ1) is 9.22. The van der Waals surface area contributed by atoms with Crippen LogP contribution in [0.15, 0.2) is 54.6 Å². The molecule has 19 heavy (non-hydrogen) atoms. The molecule has 3 heteroatoms. The van der Waals surface area contributed by atoms with E-state index in [1.54, 1.807) is 6.07 Å². The minimum absolute atomic E-state index is 0.0205. The molecular formula is C16H14N2O. The van der Waals surface area contributed by atoms with E-state index in [1.807, 2.05) is 48.5 Å². The summed E-state index contributed by atoms with van der Waals surface area (Å²) in [7, 11) is 0. The van der Waals surface area contributed by atoms with Crippen molar-refractivity contribution in [3.8, 4) is 6.07 Å². The fourth-order valence-corrected chi connectivity index (χ4v) is 1.91. The summed E-state index contributed by atoms with van der Waals surface area (Å²) in [6.07, 6.45) is 0. The molecule has 2 rings (SSSR count). The van der Waals surface area contributed by atoms with Crippen molar-refractivity contribution >= 4 is 11.5 Å². The van der Waals surface area contributed by atoms with E-state index in [2.05, 4.69) is 11.4 Å². The Bertz CT molecular complexity index is 614. The van der Waals surface area contributed by atoms with E-state index >= 15 is 0 Å². The van der Waals surface area contributed by atoms with Crippen LogP contribution in [0.3, 0.4) is 0 Å². The van der Waals surface area contributed by atoms with Crippen LogP contribution in [-0.2, 0) is 0 Å². The molecule has 0 aliphatic carbocycles. The van der Waals surface area contributed by atoms with Gasteiger partial charge in [-0.25, -0.2) is 0 Å². The first kappa shape index (κ1) is 12.8. The molecule has 0 saturated carbocycles. The second-order valence-electron chi connectivity index (χ2n) is 4.22. The Hall–Kier alpha value is -2.60. The Kier molecular flexibility index (Phi) is 3.94. The van der Waals surface area contributed by atoms with E-state index in [9.17, 15) is 10.1 Å². The summed E-state index contributed by atoms with van der Waals surface area (Å²) >= 11 is 0.